The normalized spacial score (nSPS) is 14.7. The molecule has 0 unspecified atom stereocenters. The lowest BCUT2D eigenvalue weighted by atomic mass is 9.94. The largest absolute Gasteiger partial charge is 0.348 e. The van der Waals surface area contributed by atoms with Crippen LogP contribution in [0.4, 0.5) is 0 Å². The van der Waals surface area contributed by atoms with Crippen LogP contribution in [0.3, 0.4) is 0 Å². The van der Waals surface area contributed by atoms with E-state index in [1.54, 1.807) is 10.6 Å². The van der Waals surface area contributed by atoms with Crippen LogP contribution >= 0.6 is 12.4 Å². The number of fused-ring (bicyclic) bond motifs is 1. The minimum atomic E-state index is -0.248. The first kappa shape index (κ1) is 19.1. The fourth-order valence-electron chi connectivity index (χ4n) is 3.46. The Morgan fingerprint density at radius 3 is 2.70 bits per heavy atom. The zero-order valence-electron chi connectivity index (χ0n) is 14.8. The molecule has 0 atom stereocenters. The molecule has 3 N–H and O–H groups in total. The van der Waals surface area contributed by atoms with Gasteiger partial charge in [-0.25, -0.2) is 4.52 Å². The summed E-state index contributed by atoms with van der Waals surface area (Å²) in [6, 6.07) is 11.3. The van der Waals surface area contributed by atoms with Gasteiger partial charge in [0.1, 0.15) is 11.2 Å². The lowest BCUT2D eigenvalue weighted by Crippen LogP contribution is -2.29. The molecular formula is C19H22ClN5O2. The number of halogens is 1. The maximum atomic E-state index is 12.6. The summed E-state index contributed by atoms with van der Waals surface area (Å²) in [4.78, 5) is 27.5. The highest BCUT2D eigenvalue weighted by atomic mass is 35.5. The molecule has 0 aliphatic carbocycles. The van der Waals surface area contributed by atoms with Gasteiger partial charge >= 0.3 is 0 Å². The van der Waals surface area contributed by atoms with Crippen molar-refractivity contribution in [1.82, 2.24) is 25.2 Å². The molecule has 7 nitrogen and oxygen atoms in total. The van der Waals surface area contributed by atoms with Gasteiger partial charge in [0, 0.05) is 18.5 Å². The Balaban J connectivity index is 0.00000210. The predicted octanol–water partition coefficient (Wildman–Crippen LogP) is 1.84. The number of benzene rings is 1. The number of aromatic nitrogens is 3. The summed E-state index contributed by atoms with van der Waals surface area (Å²) in [5, 5.41) is 10.6. The average molecular weight is 388 g/mol. The van der Waals surface area contributed by atoms with Crippen molar-refractivity contribution in [1.29, 1.82) is 0 Å². The number of carbonyl (C=O) groups excluding carboxylic acids is 1. The fourth-order valence-corrected chi connectivity index (χ4v) is 3.46. The van der Waals surface area contributed by atoms with E-state index in [9.17, 15) is 9.59 Å². The molecule has 142 valence electrons. The lowest BCUT2D eigenvalue weighted by Gasteiger charge is -2.23. The van der Waals surface area contributed by atoms with Gasteiger partial charge in [-0.1, -0.05) is 30.3 Å². The predicted molar refractivity (Wildman–Crippen MR) is 106 cm³/mol. The molecule has 3 heterocycles. The average Bonchev–Trinajstić information content (AvgIpc) is 3.11. The van der Waals surface area contributed by atoms with E-state index in [1.165, 1.54) is 6.20 Å². The summed E-state index contributed by atoms with van der Waals surface area (Å²) in [5.74, 6) is 0.0168. The lowest BCUT2D eigenvalue weighted by molar-refractivity contribution is 0.0952. The topological polar surface area (TPSA) is 91.3 Å². The molecule has 8 heteroatoms. The van der Waals surface area contributed by atoms with Crippen LogP contribution in [-0.4, -0.2) is 33.6 Å². The fraction of sp³-hybridized carbons (Fsp3) is 0.316. The number of H-pyrrole nitrogens is 1. The number of rotatable bonds is 4. The molecule has 1 aliphatic rings. The van der Waals surface area contributed by atoms with Crippen LogP contribution in [-0.2, 0) is 6.54 Å². The van der Waals surface area contributed by atoms with E-state index in [0.29, 0.717) is 17.8 Å². The molecule has 0 bridgehead atoms. The minimum absolute atomic E-state index is 0. The van der Waals surface area contributed by atoms with Crippen LogP contribution < -0.4 is 16.2 Å². The van der Waals surface area contributed by atoms with Gasteiger partial charge in [0.15, 0.2) is 0 Å². The molecule has 27 heavy (non-hydrogen) atoms. The molecule has 1 amide bonds. The van der Waals surface area contributed by atoms with E-state index in [0.717, 1.165) is 37.2 Å². The Morgan fingerprint density at radius 1 is 1.22 bits per heavy atom. The zero-order chi connectivity index (χ0) is 17.9. The van der Waals surface area contributed by atoms with Crippen LogP contribution in [0, 0.1) is 0 Å². The number of nitrogens with one attached hydrogen (secondary N) is 3. The van der Waals surface area contributed by atoms with Crippen LogP contribution in [0.2, 0.25) is 0 Å². The van der Waals surface area contributed by atoms with Crippen LogP contribution in [0.25, 0.3) is 5.65 Å². The minimum Gasteiger partial charge on any atom is -0.348 e. The van der Waals surface area contributed by atoms with Crippen molar-refractivity contribution in [2.45, 2.75) is 25.3 Å². The standard InChI is InChI=1S/C19H21N5O2.ClH/c25-17-10-16(14-6-8-20-9-7-14)24-18(23-17)15(12-22-24)19(26)21-11-13-4-2-1-3-5-13;/h1-5,10,12,14,20H,6-9,11H2,(H,21,26)(H,23,25);1H. The second-order valence-corrected chi connectivity index (χ2v) is 6.57. The highest BCUT2D eigenvalue weighted by Crippen LogP contribution is 2.24. The molecule has 1 saturated heterocycles. The number of nitrogens with zero attached hydrogens (tertiary/aromatic N) is 2. The van der Waals surface area contributed by atoms with Crippen molar-refractivity contribution in [3.63, 3.8) is 0 Å². The highest BCUT2D eigenvalue weighted by molar-refractivity contribution is 5.99. The van der Waals surface area contributed by atoms with Gasteiger partial charge in [-0.2, -0.15) is 5.10 Å². The first-order valence-electron chi connectivity index (χ1n) is 8.86. The molecule has 3 aromatic rings. The van der Waals surface area contributed by atoms with Gasteiger partial charge in [0.05, 0.1) is 11.9 Å². The molecule has 2 aromatic heterocycles. The Morgan fingerprint density at radius 2 is 1.96 bits per heavy atom. The van der Waals surface area contributed by atoms with Crippen LogP contribution in [0.15, 0.2) is 47.4 Å². The van der Waals surface area contributed by atoms with Gasteiger partial charge in [-0.15, -0.1) is 12.4 Å². The second kappa shape index (κ2) is 8.37. The first-order valence-corrected chi connectivity index (χ1v) is 8.86. The molecule has 4 rings (SSSR count). The summed E-state index contributed by atoms with van der Waals surface area (Å²) in [5.41, 5.74) is 2.52. The zero-order valence-corrected chi connectivity index (χ0v) is 15.6. The van der Waals surface area contributed by atoms with Gasteiger partial charge in [-0.3, -0.25) is 9.59 Å². The third kappa shape index (κ3) is 4.04. The number of piperidine rings is 1. The molecule has 0 radical (unpaired) electrons. The van der Waals surface area contributed by atoms with E-state index in [1.807, 2.05) is 30.3 Å². The first-order chi connectivity index (χ1) is 12.7. The molecule has 1 fully saturated rings. The van der Waals surface area contributed by atoms with Gasteiger partial charge in [-0.05, 0) is 31.5 Å². The Kier molecular flexibility index (Phi) is 5.93. The van der Waals surface area contributed by atoms with Crippen molar-refractivity contribution in [3.05, 3.63) is 69.8 Å². The summed E-state index contributed by atoms with van der Waals surface area (Å²) in [7, 11) is 0. The van der Waals surface area contributed by atoms with Crippen molar-refractivity contribution in [3.8, 4) is 0 Å². The summed E-state index contributed by atoms with van der Waals surface area (Å²) in [6.45, 7) is 2.27. The van der Waals surface area contributed by atoms with Crippen molar-refractivity contribution < 1.29 is 4.79 Å². The maximum absolute atomic E-state index is 12.6. The Bertz CT molecular complexity index is 977. The number of amides is 1. The number of carbonyl (C=O) groups is 1. The van der Waals surface area contributed by atoms with Gasteiger partial charge in [0.25, 0.3) is 11.5 Å². The van der Waals surface area contributed by atoms with Crippen molar-refractivity contribution in [2.75, 3.05) is 13.1 Å². The van der Waals surface area contributed by atoms with E-state index >= 15 is 0 Å². The van der Waals surface area contributed by atoms with Crippen LogP contribution in [0.1, 0.15) is 40.4 Å². The molecule has 0 spiro atoms. The van der Waals surface area contributed by atoms with Crippen molar-refractivity contribution in [2.24, 2.45) is 0 Å². The van der Waals surface area contributed by atoms with Gasteiger partial charge in [0.2, 0.25) is 0 Å². The summed E-state index contributed by atoms with van der Waals surface area (Å²) >= 11 is 0. The smallest absolute Gasteiger partial charge is 0.256 e. The second-order valence-electron chi connectivity index (χ2n) is 6.57. The molecular weight excluding hydrogens is 366 g/mol. The summed E-state index contributed by atoms with van der Waals surface area (Å²) in [6.07, 6.45) is 3.43. The molecule has 1 aliphatic heterocycles. The number of hydrogen-bond donors (Lipinski definition) is 3. The highest BCUT2D eigenvalue weighted by Gasteiger charge is 2.22. The summed E-state index contributed by atoms with van der Waals surface area (Å²) < 4.78 is 1.70. The Labute approximate surface area is 162 Å². The quantitative estimate of drug-likeness (QED) is 0.637. The Hall–Kier alpha value is -2.64. The van der Waals surface area contributed by atoms with E-state index in [4.69, 9.17) is 0 Å². The number of hydrogen-bond acceptors (Lipinski definition) is 4. The van der Waals surface area contributed by atoms with Crippen molar-refractivity contribution >= 4 is 24.0 Å². The SMILES string of the molecule is Cl.O=C(NCc1ccccc1)c1cnn2c(C3CCNCC3)cc(=O)[nH]c12. The third-order valence-electron chi connectivity index (χ3n) is 4.83. The third-order valence-corrected chi connectivity index (χ3v) is 4.83. The molecule has 1 aromatic carbocycles. The monoisotopic (exact) mass is 387 g/mol. The van der Waals surface area contributed by atoms with E-state index in [2.05, 4.69) is 20.7 Å². The number of aromatic amines is 1. The van der Waals surface area contributed by atoms with E-state index < -0.39 is 0 Å². The maximum Gasteiger partial charge on any atom is 0.256 e. The van der Waals surface area contributed by atoms with E-state index in [-0.39, 0.29) is 29.8 Å². The van der Waals surface area contributed by atoms with Crippen LogP contribution in [0.5, 0.6) is 0 Å². The molecule has 0 saturated carbocycles. The van der Waals surface area contributed by atoms with Gasteiger partial charge < -0.3 is 15.6 Å².